The molecule has 8 heavy (non-hydrogen) atoms. The number of hydrogen-bond acceptors (Lipinski definition) is 0. The fourth-order valence-electron chi connectivity index (χ4n) is 0. The predicted octanol–water partition coefficient (Wildman–Crippen LogP) is 1.67. The minimum absolute atomic E-state index is 0. The highest BCUT2D eigenvalue weighted by Crippen LogP contribution is 1.78. The Morgan fingerprint density at radius 2 is 1.25 bits per heavy atom. The first-order chi connectivity index (χ1) is 3.33. The molecule has 0 aromatic rings. The van der Waals surface area contributed by atoms with Gasteiger partial charge in [0.25, 0.3) is 0 Å². The summed E-state index contributed by atoms with van der Waals surface area (Å²) in [5, 5.41) is 0. The third-order valence-corrected chi connectivity index (χ3v) is 0.500. The highest BCUT2D eigenvalue weighted by molar-refractivity contribution is 9.47. The standard InChI is InChI=1S/C4H10.2Al.2BrH.4H/c1-3-4-2;;;;;;;;/h3-4H2,1-2H3;;;2*1H;;;;/q;;+2;;;;;;/p-2. The Bertz CT molecular complexity index is 19.5. The monoisotopic (exact) mass is 274 g/mol. The van der Waals surface area contributed by atoms with Gasteiger partial charge in [-0.1, -0.05) is 26.7 Å². The smallest absolute Gasteiger partial charge is 0.203 e. The summed E-state index contributed by atoms with van der Waals surface area (Å²) in [6.45, 7) is 4.36. The Labute approximate surface area is 83.0 Å². The van der Waals surface area contributed by atoms with Gasteiger partial charge >= 0.3 is 11.6 Å². The molecule has 0 saturated carbocycles. The molecule has 0 saturated heterocycles. The highest BCUT2D eigenvalue weighted by atomic mass is 79.9. The molecule has 0 atom stereocenters. The normalized spacial score (nSPS) is 5.50. The molecule has 0 aromatic heterocycles. The molecule has 4 heteroatoms. The van der Waals surface area contributed by atoms with Gasteiger partial charge in [-0.25, -0.2) is 28.1 Å². The van der Waals surface area contributed by atoms with Gasteiger partial charge in [-0.05, 0) is 0 Å². The number of rotatable bonds is 1. The summed E-state index contributed by atoms with van der Waals surface area (Å²) in [5.41, 5.74) is 0. The van der Waals surface area contributed by atoms with Gasteiger partial charge in [0.1, 0.15) is 0 Å². The maximum absolute atomic E-state index is 3.20. The van der Waals surface area contributed by atoms with Crippen LogP contribution in [0.4, 0.5) is 0 Å². The molecule has 50 valence electrons. The Morgan fingerprint density at radius 1 is 1.12 bits per heavy atom. The van der Waals surface area contributed by atoms with E-state index in [1.54, 1.807) is 0 Å². The highest BCUT2D eigenvalue weighted by Gasteiger charge is 1.57. The Balaban J connectivity index is -0.0000000575. The second-order valence-electron chi connectivity index (χ2n) is 1.10. The van der Waals surface area contributed by atoms with E-state index in [0.29, 0.717) is 0 Å². The average Bonchev–Trinajstić information content (AvgIpc) is 1.69. The van der Waals surface area contributed by atoms with Crippen molar-refractivity contribution in [2.75, 3.05) is 0 Å². The van der Waals surface area contributed by atoms with Crippen molar-refractivity contribution < 1.29 is 0 Å². The number of halogens is 2. The van der Waals surface area contributed by atoms with Crippen LogP contribution in [0.15, 0.2) is 0 Å². The van der Waals surface area contributed by atoms with Gasteiger partial charge in [0.15, 0.2) is 17.4 Å². The van der Waals surface area contributed by atoms with E-state index in [2.05, 4.69) is 42.0 Å². The topological polar surface area (TPSA) is 0 Å². The third-order valence-electron chi connectivity index (χ3n) is 0.500. The molecule has 0 fully saturated rings. The molecule has 0 radical (unpaired) electrons. The van der Waals surface area contributed by atoms with E-state index < -0.39 is 0 Å². The summed E-state index contributed by atoms with van der Waals surface area (Å²) >= 11 is 6.44. The van der Waals surface area contributed by atoms with Gasteiger partial charge in [0.05, 0.1) is 0 Å². The molecular weight excluding hydrogens is 262 g/mol. The van der Waals surface area contributed by atoms with Gasteiger partial charge in [0, 0.05) is 0 Å². The molecule has 0 aromatic carbocycles. The predicted molar refractivity (Wildman–Crippen MR) is 55.5 cm³/mol. The molecule has 0 spiro atoms. The van der Waals surface area contributed by atoms with Crippen molar-refractivity contribution in [1.82, 2.24) is 0 Å². The van der Waals surface area contributed by atoms with Crippen LogP contribution in [0.25, 0.3) is 0 Å². The van der Waals surface area contributed by atoms with Crippen LogP contribution in [0.5, 0.6) is 0 Å². The van der Waals surface area contributed by atoms with Gasteiger partial charge in [-0.2, -0.15) is 0 Å². The van der Waals surface area contributed by atoms with Crippen molar-refractivity contribution in [3.63, 3.8) is 0 Å². The molecule has 0 N–H and O–H groups in total. The van der Waals surface area contributed by atoms with Crippen molar-refractivity contribution >= 4 is 57.0 Å². The SMILES string of the molecule is CCCC.[AlH3].[Br][AlH][Br]. The Morgan fingerprint density at radius 3 is 1.25 bits per heavy atom. The van der Waals surface area contributed by atoms with Crippen molar-refractivity contribution in [3.05, 3.63) is 0 Å². The first kappa shape index (κ1) is 16.5. The van der Waals surface area contributed by atoms with Crippen LogP contribution in [0.2, 0.25) is 0 Å². The van der Waals surface area contributed by atoms with E-state index >= 15 is 0 Å². The first-order valence-corrected chi connectivity index (χ1v) is 10.2. The molecule has 0 heterocycles. The maximum Gasteiger partial charge on any atom is 0.435 e. The third kappa shape index (κ3) is 43.3. The minimum Gasteiger partial charge on any atom is -0.203 e. The van der Waals surface area contributed by atoms with Crippen LogP contribution < -0.4 is 0 Å². The van der Waals surface area contributed by atoms with E-state index in [4.69, 9.17) is 0 Å². The van der Waals surface area contributed by atoms with Crippen molar-refractivity contribution in [2.24, 2.45) is 0 Å². The summed E-state index contributed by atoms with van der Waals surface area (Å²) in [5.74, 6) is 0. The van der Waals surface area contributed by atoms with Crippen LogP contribution in [0, 0.1) is 0 Å². The molecule has 0 aliphatic heterocycles. The van der Waals surface area contributed by atoms with Crippen LogP contribution in [0.3, 0.4) is 0 Å². The summed E-state index contributed by atoms with van der Waals surface area (Å²) in [6, 6.07) is 0. The number of unbranched alkanes of at least 4 members (excludes halogenated alkanes) is 1. The lowest BCUT2D eigenvalue weighted by atomic mass is 10.4. The molecular formula is C4H14Al2Br2. The molecule has 0 nitrogen and oxygen atoms in total. The van der Waals surface area contributed by atoms with Crippen LogP contribution in [-0.2, 0) is 0 Å². The zero-order valence-electron chi connectivity index (χ0n) is 4.88. The van der Waals surface area contributed by atoms with Crippen molar-refractivity contribution in [3.8, 4) is 0 Å². The molecule has 0 rings (SSSR count). The largest absolute Gasteiger partial charge is 0.435 e. The zero-order valence-corrected chi connectivity index (χ0v) is 9.46. The van der Waals surface area contributed by atoms with E-state index in [1.807, 2.05) is 0 Å². The fourth-order valence-corrected chi connectivity index (χ4v) is 0. The Kier molecular flexibility index (Phi) is 47.6. The van der Waals surface area contributed by atoms with E-state index in [9.17, 15) is 0 Å². The van der Waals surface area contributed by atoms with E-state index in [1.165, 1.54) is 12.8 Å². The maximum atomic E-state index is 3.20. The first-order valence-electron chi connectivity index (χ1n) is 2.45. The van der Waals surface area contributed by atoms with Gasteiger partial charge in [-0.3, -0.25) is 0 Å². The fraction of sp³-hybridized carbons (Fsp3) is 1.00. The molecule has 0 aliphatic rings. The van der Waals surface area contributed by atoms with E-state index in [0.717, 1.165) is 0 Å². The summed E-state index contributed by atoms with van der Waals surface area (Å²) in [6.07, 6.45) is 2.64. The lowest BCUT2D eigenvalue weighted by molar-refractivity contribution is 0.886. The van der Waals surface area contributed by atoms with Gasteiger partial charge in [0.2, 0.25) is 0 Å². The quantitative estimate of drug-likeness (QED) is 0.639. The van der Waals surface area contributed by atoms with Gasteiger partial charge < -0.3 is 0 Å². The van der Waals surface area contributed by atoms with E-state index in [-0.39, 0.29) is 28.9 Å². The molecule has 0 aliphatic carbocycles. The zero-order chi connectivity index (χ0) is 6.12. The number of hydrogen-bond donors (Lipinski definition) is 0. The van der Waals surface area contributed by atoms with Crippen LogP contribution in [-0.4, -0.2) is 28.9 Å². The van der Waals surface area contributed by atoms with Gasteiger partial charge in [-0.15, -0.1) is 0 Å². The van der Waals surface area contributed by atoms with Crippen molar-refractivity contribution in [1.29, 1.82) is 0 Å². The van der Waals surface area contributed by atoms with Crippen molar-refractivity contribution in [2.45, 2.75) is 26.7 Å². The van der Waals surface area contributed by atoms with Crippen LogP contribution >= 0.6 is 28.1 Å². The summed E-state index contributed by atoms with van der Waals surface area (Å²) in [4.78, 5) is 0. The van der Waals surface area contributed by atoms with Crippen LogP contribution in [0.1, 0.15) is 26.7 Å². The Hall–Kier alpha value is 2.02. The molecule has 0 amide bonds. The summed E-state index contributed by atoms with van der Waals surface area (Å²) in [7, 11) is 0. The molecule has 0 unspecified atom stereocenters. The lowest BCUT2D eigenvalue weighted by Crippen LogP contribution is -1.47. The minimum atomic E-state index is 0. The molecule has 0 bridgehead atoms. The second kappa shape index (κ2) is 23.0. The lowest BCUT2D eigenvalue weighted by Gasteiger charge is -1.68. The summed E-state index contributed by atoms with van der Waals surface area (Å²) < 4.78 is 0. The second-order valence-corrected chi connectivity index (χ2v) is 9.18. The average molecular weight is 276 g/mol.